The van der Waals surface area contributed by atoms with Gasteiger partial charge in [-0.25, -0.2) is 5.43 Å². The Morgan fingerprint density at radius 1 is 0.974 bits per heavy atom. The second-order valence-corrected chi connectivity index (χ2v) is 8.95. The monoisotopic (exact) mass is 542 g/mol. The highest BCUT2D eigenvalue weighted by molar-refractivity contribution is 6.32. The van der Waals surface area contributed by atoms with Gasteiger partial charge >= 0.3 is 0 Å². The van der Waals surface area contributed by atoms with Crippen LogP contribution in [0.25, 0.3) is 0 Å². The molecule has 0 saturated heterocycles. The first-order chi connectivity index (χ1) is 18.3. The first kappa shape index (κ1) is 28.8. The molecule has 0 radical (unpaired) electrons. The fourth-order valence-corrected chi connectivity index (χ4v) is 3.55. The molecule has 10 heteroatoms. The molecule has 1 amide bonds. The smallest absolute Gasteiger partial charge is 0.271 e. The van der Waals surface area contributed by atoms with Crippen molar-refractivity contribution in [1.29, 1.82) is 0 Å². The predicted octanol–water partition coefficient (Wildman–Crippen LogP) is 4.25. The molecule has 4 N–H and O–H groups in total. The molecule has 0 unspecified atom stereocenters. The van der Waals surface area contributed by atoms with E-state index in [1.54, 1.807) is 12.1 Å². The number of carbonyl (C=O) groups excluding carboxylic acids is 1. The normalized spacial score (nSPS) is 11.1. The number of aliphatic hydroxyl groups excluding tert-OH is 2. The molecule has 3 aromatic rings. The van der Waals surface area contributed by atoms with E-state index in [1.165, 1.54) is 30.0 Å². The number of nitrogens with zero attached hydrogens (tertiary/aromatic N) is 1. The van der Waals surface area contributed by atoms with Gasteiger partial charge in [-0.3, -0.25) is 4.79 Å². The van der Waals surface area contributed by atoms with Crippen molar-refractivity contribution in [1.82, 2.24) is 5.43 Å². The molecule has 0 fully saturated rings. The van der Waals surface area contributed by atoms with Gasteiger partial charge in [0.1, 0.15) is 25.6 Å². The molecule has 9 nitrogen and oxygen atoms in total. The summed E-state index contributed by atoms with van der Waals surface area (Å²) in [6.07, 6.45) is 1.38. The van der Waals surface area contributed by atoms with Crippen molar-refractivity contribution in [2.75, 3.05) is 26.4 Å². The molecule has 0 aromatic heterocycles. The third-order valence-corrected chi connectivity index (χ3v) is 5.66. The van der Waals surface area contributed by atoms with Gasteiger partial charge < -0.3 is 29.5 Å². The molecular formula is C28H31ClN2O7. The highest BCUT2D eigenvalue weighted by atomic mass is 35.5. The number of carbonyl (C=O) groups is 1. The number of hydrogen-bond acceptors (Lipinski definition) is 8. The molecule has 0 atom stereocenters. The summed E-state index contributed by atoms with van der Waals surface area (Å²) in [4.78, 5) is 12.4. The molecule has 0 saturated carbocycles. The zero-order valence-electron chi connectivity index (χ0n) is 21.2. The fraction of sp³-hybridized carbons (Fsp3) is 0.286. The standard InChI is InChI=1S/C28H31ClN2O7/c1-18(2)21-5-3-19(4-6-21)17-38-27-25(36-11-9-32)13-20(14-26(27)37-12-10-33)16-30-31-28(35)22-7-8-24(34)23(29)15-22/h3-8,13-16,18,32-34H,9-12,17H2,1-2H3,(H,31,35)/b30-16+. The van der Waals surface area contributed by atoms with Crippen molar-refractivity contribution in [3.8, 4) is 23.0 Å². The van der Waals surface area contributed by atoms with Gasteiger partial charge in [0.2, 0.25) is 5.75 Å². The summed E-state index contributed by atoms with van der Waals surface area (Å²) < 4.78 is 17.5. The molecular weight excluding hydrogens is 512 g/mol. The van der Waals surface area contributed by atoms with Crippen molar-refractivity contribution < 1.29 is 34.3 Å². The Hall–Kier alpha value is -3.79. The van der Waals surface area contributed by atoms with E-state index in [0.717, 1.165) is 5.56 Å². The fourth-order valence-electron chi connectivity index (χ4n) is 3.37. The Balaban J connectivity index is 1.82. The van der Waals surface area contributed by atoms with Gasteiger partial charge in [-0.1, -0.05) is 49.7 Å². The van der Waals surface area contributed by atoms with Crippen LogP contribution in [-0.4, -0.2) is 53.9 Å². The quantitative estimate of drug-likeness (QED) is 0.188. The highest BCUT2D eigenvalue weighted by Crippen LogP contribution is 2.39. The van der Waals surface area contributed by atoms with Crippen LogP contribution in [0.4, 0.5) is 0 Å². The van der Waals surface area contributed by atoms with E-state index in [0.29, 0.717) is 28.7 Å². The lowest BCUT2D eigenvalue weighted by molar-refractivity contribution is 0.0955. The van der Waals surface area contributed by atoms with Crippen molar-refractivity contribution in [3.05, 3.63) is 81.9 Å². The number of nitrogens with one attached hydrogen (secondary N) is 1. The first-order valence-corrected chi connectivity index (χ1v) is 12.4. The van der Waals surface area contributed by atoms with Gasteiger partial charge in [-0.2, -0.15) is 5.10 Å². The number of hydrazone groups is 1. The SMILES string of the molecule is CC(C)c1ccc(COc2c(OCCO)cc(/C=N/NC(=O)c3ccc(O)c(Cl)c3)cc2OCCO)cc1. The van der Waals surface area contributed by atoms with Crippen LogP contribution in [0, 0.1) is 0 Å². The predicted molar refractivity (Wildman–Crippen MR) is 145 cm³/mol. The van der Waals surface area contributed by atoms with E-state index in [9.17, 15) is 20.1 Å². The summed E-state index contributed by atoms with van der Waals surface area (Å²) in [6.45, 7) is 4.08. The van der Waals surface area contributed by atoms with Crippen LogP contribution in [-0.2, 0) is 6.61 Å². The maximum Gasteiger partial charge on any atom is 0.271 e. The Morgan fingerprint density at radius 3 is 2.16 bits per heavy atom. The number of amides is 1. The van der Waals surface area contributed by atoms with Crippen molar-refractivity contribution in [3.63, 3.8) is 0 Å². The average molecular weight is 543 g/mol. The molecule has 3 aromatic carbocycles. The van der Waals surface area contributed by atoms with Crippen molar-refractivity contribution >= 4 is 23.7 Å². The van der Waals surface area contributed by atoms with Gasteiger partial charge in [-0.15, -0.1) is 0 Å². The van der Waals surface area contributed by atoms with E-state index in [2.05, 4.69) is 36.5 Å². The van der Waals surface area contributed by atoms with Crippen molar-refractivity contribution in [2.45, 2.75) is 26.4 Å². The molecule has 0 heterocycles. The molecule has 3 rings (SSSR count). The average Bonchev–Trinajstić information content (AvgIpc) is 2.91. The van der Waals surface area contributed by atoms with E-state index in [4.69, 9.17) is 25.8 Å². The maximum absolute atomic E-state index is 12.4. The second kappa shape index (κ2) is 14.2. The van der Waals surface area contributed by atoms with E-state index in [-0.39, 0.29) is 49.4 Å². The maximum atomic E-state index is 12.4. The van der Waals surface area contributed by atoms with Crippen LogP contribution in [0.15, 0.2) is 59.7 Å². The Labute approximate surface area is 226 Å². The van der Waals surface area contributed by atoms with E-state index < -0.39 is 5.91 Å². The number of phenolic OH excluding ortho intramolecular Hbond substituents is 1. The summed E-state index contributed by atoms with van der Waals surface area (Å²) in [6, 6.07) is 15.4. The van der Waals surface area contributed by atoms with E-state index >= 15 is 0 Å². The number of aliphatic hydroxyl groups is 2. The lowest BCUT2D eigenvalue weighted by atomic mass is 10.0. The zero-order valence-corrected chi connectivity index (χ0v) is 21.9. The Kier molecular flexibility index (Phi) is 10.8. The number of aromatic hydroxyl groups is 1. The van der Waals surface area contributed by atoms with Crippen LogP contribution in [0.1, 0.15) is 46.8 Å². The molecule has 202 valence electrons. The Bertz CT molecular complexity index is 1220. The van der Waals surface area contributed by atoms with Crippen LogP contribution < -0.4 is 19.6 Å². The lowest BCUT2D eigenvalue weighted by Crippen LogP contribution is -2.17. The number of halogens is 1. The first-order valence-electron chi connectivity index (χ1n) is 12.0. The van der Waals surface area contributed by atoms with Crippen molar-refractivity contribution in [2.24, 2.45) is 5.10 Å². The number of ether oxygens (including phenoxy) is 3. The largest absolute Gasteiger partial charge is 0.506 e. The van der Waals surface area contributed by atoms with E-state index in [1.807, 2.05) is 12.1 Å². The summed E-state index contributed by atoms with van der Waals surface area (Å²) in [5, 5.41) is 32.1. The number of benzene rings is 3. The Morgan fingerprint density at radius 2 is 1.61 bits per heavy atom. The van der Waals surface area contributed by atoms with Gasteiger partial charge in [0.25, 0.3) is 5.91 Å². The third kappa shape index (κ3) is 8.11. The van der Waals surface area contributed by atoms with Crippen LogP contribution >= 0.6 is 11.6 Å². The van der Waals surface area contributed by atoms with Gasteiger partial charge in [0, 0.05) is 11.1 Å². The summed E-state index contributed by atoms with van der Waals surface area (Å²) in [7, 11) is 0. The lowest BCUT2D eigenvalue weighted by Gasteiger charge is -2.18. The third-order valence-electron chi connectivity index (χ3n) is 5.36. The number of rotatable bonds is 13. The van der Waals surface area contributed by atoms with Crippen LogP contribution in [0.3, 0.4) is 0 Å². The molecule has 0 aliphatic carbocycles. The van der Waals surface area contributed by atoms with Crippen LogP contribution in [0.5, 0.6) is 23.0 Å². The number of phenols is 1. The van der Waals surface area contributed by atoms with Gasteiger partial charge in [0.15, 0.2) is 11.5 Å². The molecule has 0 aliphatic heterocycles. The minimum Gasteiger partial charge on any atom is -0.506 e. The highest BCUT2D eigenvalue weighted by Gasteiger charge is 2.16. The van der Waals surface area contributed by atoms with Crippen LogP contribution in [0.2, 0.25) is 5.02 Å². The topological polar surface area (TPSA) is 130 Å². The minimum absolute atomic E-state index is 0.0117. The molecule has 0 spiro atoms. The zero-order chi connectivity index (χ0) is 27.5. The molecule has 38 heavy (non-hydrogen) atoms. The summed E-state index contributed by atoms with van der Waals surface area (Å²) in [5.74, 6) is 0.657. The second-order valence-electron chi connectivity index (χ2n) is 8.54. The minimum atomic E-state index is -0.528. The summed E-state index contributed by atoms with van der Waals surface area (Å²) >= 11 is 5.86. The molecule has 0 bridgehead atoms. The molecule has 0 aliphatic rings. The number of hydrogen-bond donors (Lipinski definition) is 4. The van der Waals surface area contributed by atoms with Gasteiger partial charge in [0.05, 0.1) is 24.5 Å². The van der Waals surface area contributed by atoms with Gasteiger partial charge in [-0.05, 0) is 47.4 Å². The summed E-state index contributed by atoms with van der Waals surface area (Å²) in [5.41, 5.74) is 5.27.